The maximum atomic E-state index is 12.1. The van der Waals surface area contributed by atoms with Crippen LogP contribution in [0.1, 0.15) is 24.9 Å². The third-order valence-corrected chi connectivity index (χ3v) is 4.81. The van der Waals surface area contributed by atoms with Gasteiger partial charge in [0.25, 0.3) is 0 Å². The molecular formula is C18H27ClN4O2. The summed E-state index contributed by atoms with van der Waals surface area (Å²) in [6.07, 6.45) is 0.275. The van der Waals surface area contributed by atoms with Crippen molar-refractivity contribution >= 4 is 23.4 Å². The van der Waals surface area contributed by atoms with E-state index < -0.39 is 0 Å². The Labute approximate surface area is 154 Å². The van der Waals surface area contributed by atoms with Gasteiger partial charge in [0.1, 0.15) is 0 Å². The zero-order valence-corrected chi connectivity index (χ0v) is 15.7. The Balaban J connectivity index is 1.99. The van der Waals surface area contributed by atoms with Gasteiger partial charge in [0.15, 0.2) is 0 Å². The minimum absolute atomic E-state index is 0.0483. The number of amides is 2. The summed E-state index contributed by atoms with van der Waals surface area (Å²) in [5.41, 5.74) is 1.04. The van der Waals surface area contributed by atoms with Gasteiger partial charge in [-0.05, 0) is 18.7 Å². The number of likely N-dealkylation sites (N-methyl/N-ethyl adjacent to an activating group) is 1. The zero-order chi connectivity index (χ0) is 18.2. The van der Waals surface area contributed by atoms with Gasteiger partial charge in [0.2, 0.25) is 11.8 Å². The van der Waals surface area contributed by atoms with Gasteiger partial charge < -0.3 is 15.5 Å². The number of hydrogen-bond acceptors (Lipinski definition) is 4. The van der Waals surface area contributed by atoms with E-state index in [-0.39, 0.29) is 24.3 Å². The number of nitrogens with zero attached hydrogens (tertiary/aromatic N) is 2. The molecule has 2 amide bonds. The van der Waals surface area contributed by atoms with Gasteiger partial charge in [-0.2, -0.15) is 0 Å². The van der Waals surface area contributed by atoms with E-state index in [1.54, 1.807) is 0 Å². The van der Waals surface area contributed by atoms with Gasteiger partial charge in [0, 0.05) is 57.6 Å². The normalized spacial score (nSPS) is 17.1. The van der Waals surface area contributed by atoms with Crippen molar-refractivity contribution in [2.24, 2.45) is 0 Å². The van der Waals surface area contributed by atoms with E-state index in [9.17, 15) is 9.59 Å². The van der Waals surface area contributed by atoms with Crippen LogP contribution in [0.4, 0.5) is 0 Å². The highest BCUT2D eigenvalue weighted by Gasteiger charge is 2.25. The molecule has 0 aliphatic carbocycles. The van der Waals surface area contributed by atoms with E-state index in [2.05, 4.69) is 27.5 Å². The molecule has 1 atom stereocenters. The topological polar surface area (TPSA) is 64.7 Å². The van der Waals surface area contributed by atoms with Gasteiger partial charge >= 0.3 is 0 Å². The summed E-state index contributed by atoms with van der Waals surface area (Å²) in [6, 6.07) is 7.85. The highest BCUT2D eigenvalue weighted by atomic mass is 35.5. The van der Waals surface area contributed by atoms with Crippen molar-refractivity contribution in [3.63, 3.8) is 0 Å². The van der Waals surface area contributed by atoms with Gasteiger partial charge in [-0.1, -0.05) is 29.8 Å². The Kier molecular flexibility index (Phi) is 7.68. The van der Waals surface area contributed by atoms with Crippen molar-refractivity contribution < 1.29 is 9.59 Å². The summed E-state index contributed by atoms with van der Waals surface area (Å²) in [7, 11) is 2.12. The summed E-state index contributed by atoms with van der Waals surface area (Å²) in [4.78, 5) is 27.6. The lowest BCUT2D eigenvalue weighted by Gasteiger charge is -2.38. The fourth-order valence-electron chi connectivity index (χ4n) is 2.97. The number of hydrogen-bond donors (Lipinski definition) is 2. The van der Waals surface area contributed by atoms with Crippen LogP contribution < -0.4 is 10.6 Å². The van der Waals surface area contributed by atoms with Crippen molar-refractivity contribution in [1.29, 1.82) is 0 Å². The first-order valence-electron chi connectivity index (χ1n) is 8.65. The Morgan fingerprint density at radius 3 is 2.48 bits per heavy atom. The molecule has 1 unspecified atom stereocenters. The molecule has 2 rings (SSSR count). The molecule has 2 N–H and O–H groups in total. The molecule has 6 nitrogen and oxygen atoms in total. The third-order valence-electron chi connectivity index (χ3n) is 4.46. The molecule has 1 aliphatic heterocycles. The molecule has 0 saturated carbocycles. The van der Waals surface area contributed by atoms with Crippen LogP contribution in [-0.4, -0.2) is 67.9 Å². The molecule has 0 bridgehead atoms. The molecule has 1 aliphatic rings. The van der Waals surface area contributed by atoms with Crippen LogP contribution >= 0.6 is 11.6 Å². The maximum Gasteiger partial charge on any atom is 0.221 e. The number of benzene rings is 1. The SMILES string of the molecule is CC(=O)NCCC(=O)NCC(c1ccccc1Cl)N1CCN(C)CC1. The number of halogens is 1. The average molecular weight is 367 g/mol. The molecule has 25 heavy (non-hydrogen) atoms. The van der Waals surface area contributed by atoms with Crippen molar-refractivity contribution in [3.05, 3.63) is 34.9 Å². The van der Waals surface area contributed by atoms with Crippen molar-refractivity contribution in [2.75, 3.05) is 46.3 Å². The smallest absolute Gasteiger partial charge is 0.221 e. The largest absolute Gasteiger partial charge is 0.356 e. The Morgan fingerprint density at radius 1 is 1.16 bits per heavy atom. The molecule has 1 aromatic rings. The van der Waals surface area contributed by atoms with Crippen molar-refractivity contribution in [2.45, 2.75) is 19.4 Å². The summed E-state index contributed by atoms with van der Waals surface area (Å²) in [5, 5.41) is 6.34. The van der Waals surface area contributed by atoms with Crippen molar-refractivity contribution in [3.8, 4) is 0 Å². The molecular weight excluding hydrogens is 340 g/mol. The van der Waals surface area contributed by atoms with Crippen LogP contribution in [-0.2, 0) is 9.59 Å². The van der Waals surface area contributed by atoms with Crippen LogP contribution in [0.2, 0.25) is 5.02 Å². The maximum absolute atomic E-state index is 12.1. The number of piperazine rings is 1. The fourth-order valence-corrected chi connectivity index (χ4v) is 3.23. The lowest BCUT2D eigenvalue weighted by atomic mass is 10.0. The predicted molar refractivity (Wildman–Crippen MR) is 99.6 cm³/mol. The molecule has 0 aromatic heterocycles. The van der Waals surface area contributed by atoms with E-state index in [4.69, 9.17) is 11.6 Å². The molecule has 138 valence electrons. The highest BCUT2D eigenvalue weighted by Crippen LogP contribution is 2.27. The Morgan fingerprint density at radius 2 is 1.84 bits per heavy atom. The first-order chi connectivity index (χ1) is 12.0. The quantitative estimate of drug-likeness (QED) is 0.762. The van der Waals surface area contributed by atoms with Crippen LogP contribution in [0.5, 0.6) is 0 Å². The highest BCUT2D eigenvalue weighted by molar-refractivity contribution is 6.31. The molecule has 7 heteroatoms. The lowest BCUT2D eigenvalue weighted by molar-refractivity contribution is -0.121. The lowest BCUT2D eigenvalue weighted by Crippen LogP contribution is -2.48. The van der Waals surface area contributed by atoms with E-state index in [1.807, 2.05) is 24.3 Å². The summed E-state index contributed by atoms with van der Waals surface area (Å²) in [6.45, 7) is 6.18. The zero-order valence-electron chi connectivity index (χ0n) is 14.9. The third kappa shape index (κ3) is 6.30. The Hall–Kier alpha value is -1.63. The summed E-state index contributed by atoms with van der Waals surface area (Å²) in [5.74, 6) is -0.195. The van der Waals surface area contributed by atoms with E-state index in [1.165, 1.54) is 6.92 Å². The number of carbonyl (C=O) groups is 2. The summed E-state index contributed by atoms with van der Waals surface area (Å²) < 4.78 is 0. The van der Waals surface area contributed by atoms with Gasteiger partial charge in [-0.25, -0.2) is 0 Å². The Bertz CT molecular complexity index is 588. The number of carbonyl (C=O) groups excluding carboxylic acids is 2. The van der Waals surface area contributed by atoms with Crippen LogP contribution in [0.3, 0.4) is 0 Å². The van der Waals surface area contributed by atoms with Crippen LogP contribution in [0.25, 0.3) is 0 Å². The molecule has 1 heterocycles. The standard InChI is InChI=1S/C18H27ClN4O2/c1-14(24)20-8-7-18(25)21-13-17(15-5-3-4-6-16(15)19)23-11-9-22(2)10-12-23/h3-6,17H,7-13H2,1-2H3,(H,20,24)(H,21,25). The second-order valence-electron chi connectivity index (χ2n) is 6.41. The van der Waals surface area contributed by atoms with E-state index in [0.717, 1.165) is 36.8 Å². The molecule has 1 fully saturated rings. The fraction of sp³-hybridized carbons (Fsp3) is 0.556. The van der Waals surface area contributed by atoms with Gasteiger partial charge in [0.05, 0.1) is 6.04 Å². The second kappa shape index (κ2) is 9.75. The average Bonchev–Trinajstić information content (AvgIpc) is 2.57. The summed E-state index contributed by atoms with van der Waals surface area (Å²) >= 11 is 6.40. The first-order valence-corrected chi connectivity index (χ1v) is 9.03. The van der Waals surface area contributed by atoms with Gasteiger partial charge in [-0.15, -0.1) is 0 Å². The second-order valence-corrected chi connectivity index (χ2v) is 6.82. The van der Waals surface area contributed by atoms with E-state index in [0.29, 0.717) is 13.1 Å². The van der Waals surface area contributed by atoms with Crippen LogP contribution in [0, 0.1) is 0 Å². The molecule has 1 aromatic carbocycles. The van der Waals surface area contributed by atoms with Crippen LogP contribution in [0.15, 0.2) is 24.3 Å². The molecule has 0 radical (unpaired) electrons. The monoisotopic (exact) mass is 366 g/mol. The minimum Gasteiger partial charge on any atom is -0.356 e. The minimum atomic E-state index is -0.126. The number of nitrogens with one attached hydrogen (secondary N) is 2. The van der Waals surface area contributed by atoms with Gasteiger partial charge in [-0.3, -0.25) is 14.5 Å². The van der Waals surface area contributed by atoms with E-state index >= 15 is 0 Å². The predicted octanol–water partition coefficient (Wildman–Crippen LogP) is 1.27. The first kappa shape index (κ1) is 19.7. The van der Waals surface area contributed by atoms with Crippen molar-refractivity contribution in [1.82, 2.24) is 20.4 Å². The molecule has 1 saturated heterocycles. The molecule has 0 spiro atoms. The number of rotatable bonds is 7.